The summed E-state index contributed by atoms with van der Waals surface area (Å²) in [6.45, 7) is 0.212. The topological polar surface area (TPSA) is 139 Å². The largest absolute Gasteiger partial charge is 0.471 e. The van der Waals surface area contributed by atoms with Crippen molar-refractivity contribution in [3.05, 3.63) is 111 Å². The number of nitrogens with zero attached hydrogens (tertiary/aromatic N) is 5. The van der Waals surface area contributed by atoms with Crippen molar-refractivity contribution in [2.24, 2.45) is 5.92 Å². The lowest BCUT2D eigenvalue weighted by atomic mass is 9.81. The number of carbonyl (C=O) groups excluding carboxylic acids is 2. The number of allylic oxidation sites excluding steroid dienone is 2. The van der Waals surface area contributed by atoms with E-state index in [1.807, 2.05) is 0 Å². The quantitative estimate of drug-likeness (QED) is 0.134. The van der Waals surface area contributed by atoms with Crippen LogP contribution in [0.5, 0.6) is 0 Å². The molecule has 54 heavy (non-hydrogen) atoms. The van der Waals surface area contributed by atoms with Crippen LogP contribution in [0.3, 0.4) is 0 Å². The van der Waals surface area contributed by atoms with E-state index in [1.165, 1.54) is 25.1 Å². The molecule has 0 unspecified atom stereocenters. The Kier molecular flexibility index (Phi) is 8.44. The lowest BCUT2D eigenvalue weighted by Gasteiger charge is -2.27. The number of aromatic nitrogens is 6. The molecule has 2 aliphatic carbocycles. The van der Waals surface area contributed by atoms with Gasteiger partial charge >= 0.3 is 23.9 Å². The number of pyridine rings is 2. The highest BCUT2D eigenvalue weighted by atomic mass is 19.4. The second-order valence-electron chi connectivity index (χ2n) is 12.6. The van der Waals surface area contributed by atoms with Gasteiger partial charge in [-0.3, -0.25) is 19.3 Å². The molecule has 282 valence electrons. The molecule has 5 aromatic rings. The lowest BCUT2D eigenvalue weighted by molar-refractivity contribution is -0.167. The first-order valence-electron chi connectivity index (χ1n) is 15.7. The van der Waals surface area contributed by atoms with Crippen LogP contribution in [0.1, 0.15) is 45.9 Å². The zero-order valence-electron chi connectivity index (χ0n) is 27.1. The van der Waals surface area contributed by atoms with Crippen LogP contribution >= 0.6 is 0 Å². The van der Waals surface area contributed by atoms with Crippen molar-refractivity contribution in [3.63, 3.8) is 0 Å². The first-order chi connectivity index (χ1) is 25.2. The fourth-order valence-electron chi connectivity index (χ4n) is 6.80. The standard InChI is InChI=1S/C33H22F10N8O3/c1-13-18(3-5-23-47-48-30(54)51(13)23)20-10-17(45-29(53)33(41,42)43)11-44-26(20)22(8-14-6-15(34)9-16(35)7-14)46-24(52)12-50-28-25(27(49-50)32(38,39)40)19-2-4-21(19)31(28,36)37/h2-7,9-11,19,21-22H,8,12H2,1H3,(H,45,53)(H,46,52)(H,48,54)/t19-,21+,22-/m0/s1. The third kappa shape index (κ3) is 6.25. The smallest absolute Gasteiger partial charge is 0.346 e. The number of alkyl halides is 8. The molecule has 0 saturated heterocycles. The Morgan fingerprint density at radius 2 is 1.70 bits per heavy atom. The van der Waals surface area contributed by atoms with Gasteiger partial charge in [0.2, 0.25) is 5.91 Å². The zero-order chi connectivity index (χ0) is 39.1. The van der Waals surface area contributed by atoms with Gasteiger partial charge in [0.25, 0.3) is 5.92 Å². The highest BCUT2D eigenvalue weighted by Gasteiger charge is 2.61. The number of benzene rings is 1. The van der Waals surface area contributed by atoms with Gasteiger partial charge in [0.15, 0.2) is 11.3 Å². The second-order valence-corrected chi connectivity index (χ2v) is 12.6. The van der Waals surface area contributed by atoms with E-state index in [0.717, 1.165) is 34.9 Å². The summed E-state index contributed by atoms with van der Waals surface area (Å²) in [4.78, 5) is 42.2. The number of aromatic amines is 1. The van der Waals surface area contributed by atoms with Gasteiger partial charge in [-0.1, -0.05) is 12.2 Å². The number of aryl methyl sites for hydroxylation is 1. The Balaban J connectivity index is 1.34. The van der Waals surface area contributed by atoms with Crippen LogP contribution in [0.4, 0.5) is 49.6 Å². The Labute approximate surface area is 294 Å². The van der Waals surface area contributed by atoms with Gasteiger partial charge in [0.1, 0.15) is 23.9 Å². The molecule has 3 atom stereocenters. The van der Waals surface area contributed by atoms with Crippen LogP contribution in [0.25, 0.3) is 16.8 Å². The van der Waals surface area contributed by atoms with Crippen molar-refractivity contribution in [1.82, 2.24) is 34.7 Å². The average Bonchev–Trinajstić information content (AvgIpc) is 3.64. The number of hydrogen-bond donors (Lipinski definition) is 3. The van der Waals surface area contributed by atoms with E-state index in [4.69, 9.17) is 0 Å². The Bertz CT molecular complexity index is 2430. The van der Waals surface area contributed by atoms with Gasteiger partial charge in [0.05, 0.1) is 29.5 Å². The highest BCUT2D eigenvalue weighted by molar-refractivity contribution is 5.95. The Morgan fingerprint density at radius 3 is 2.33 bits per heavy atom. The molecule has 3 N–H and O–H groups in total. The van der Waals surface area contributed by atoms with Gasteiger partial charge in [0, 0.05) is 34.4 Å². The van der Waals surface area contributed by atoms with E-state index >= 15 is 8.78 Å². The predicted molar refractivity (Wildman–Crippen MR) is 166 cm³/mol. The first kappa shape index (κ1) is 36.3. The average molecular weight is 769 g/mol. The number of nitrogens with one attached hydrogen (secondary N) is 3. The molecule has 0 radical (unpaired) electrons. The number of rotatable bonds is 8. The molecule has 2 aliphatic rings. The Hall–Kier alpha value is -6.02. The normalized spacial score (nSPS) is 17.9. The van der Waals surface area contributed by atoms with Gasteiger partial charge in [-0.2, -0.15) is 45.3 Å². The van der Waals surface area contributed by atoms with Crippen molar-refractivity contribution < 1.29 is 53.5 Å². The summed E-state index contributed by atoms with van der Waals surface area (Å²) >= 11 is 0. The fraction of sp³-hybridized carbons (Fsp3) is 0.273. The SMILES string of the molecule is Cc1c(-c2cc(NC(=O)C(F)(F)F)cnc2[C@H](Cc2cc(F)cc(F)c2)NC(=O)Cn2nc(C(F)(F)F)c3c2C(F)(F)[C@@H]2C=C[C@H]32)ccc2n[nH]c(=O)n12. The molecule has 0 aliphatic heterocycles. The third-order valence-electron chi connectivity index (χ3n) is 9.11. The van der Waals surface area contributed by atoms with E-state index in [0.29, 0.717) is 6.07 Å². The zero-order valence-corrected chi connectivity index (χ0v) is 27.1. The first-order valence-corrected chi connectivity index (χ1v) is 15.7. The molecule has 4 aromatic heterocycles. The molecule has 2 amide bonds. The van der Waals surface area contributed by atoms with Crippen molar-refractivity contribution in [1.29, 1.82) is 0 Å². The molecule has 1 aromatic carbocycles. The monoisotopic (exact) mass is 768 g/mol. The number of anilines is 1. The maximum atomic E-state index is 15.4. The number of carbonyl (C=O) groups is 2. The van der Waals surface area contributed by atoms with Gasteiger partial charge in [-0.25, -0.2) is 23.1 Å². The van der Waals surface area contributed by atoms with Crippen molar-refractivity contribution in [2.45, 2.75) is 50.1 Å². The summed E-state index contributed by atoms with van der Waals surface area (Å²) < 4.78 is 142. The number of fused-ring (bicyclic) bond motifs is 4. The summed E-state index contributed by atoms with van der Waals surface area (Å²) in [5, 5.41) is 13.5. The van der Waals surface area contributed by atoms with E-state index in [1.54, 1.807) is 5.32 Å². The number of amides is 2. The molecule has 0 bridgehead atoms. The summed E-state index contributed by atoms with van der Waals surface area (Å²) in [7, 11) is 0. The van der Waals surface area contributed by atoms with E-state index < -0.39 is 101 Å². The number of H-pyrrole nitrogens is 1. The van der Waals surface area contributed by atoms with Crippen LogP contribution in [-0.4, -0.2) is 47.4 Å². The molecule has 11 nitrogen and oxygen atoms in total. The van der Waals surface area contributed by atoms with E-state index in [9.17, 15) is 49.5 Å². The van der Waals surface area contributed by atoms with Crippen molar-refractivity contribution in [2.75, 3.05) is 5.32 Å². The van der Waals surface area contributed by atoms with E-state index in [2.05, 4.69) is 25.6 Å². The van der Waals surface area contributed by atoms with Crippen LogP contribution in [0.15, 0.2) is 59.5 Å². The third-order valence-corrected chi connectivity index (χ3v) is 9.11. The molecule has 4 heterocycles. The minimum atomic E-state index is -5.33. The van der Waals surface area contributed by atoms with Crippen LogP contribution in [-0.2, 0) is 34.7 Å². The summed E-state index contributed by atoms with van der Waals surface area (Å²) in [6, 6.07) is 4.47. The second kappa shape index (κ2) is 12.5. The maximum Gasteiger partial charge on any atom is 0.471 e. The highest BCUT2D eigenvalue weighted by Crippen LogP contribution is 2.60. The van der Waals surface area contributed by atoms with Crippen LogP contribution in [0, 0.1) is 24.5 Å². The fourth-order valence-corrected chi connectivity index (χ4v) is 6.80. The summed E-state index contributed by atoms with van der Waals surface area (Å²) in [5.41, 5.74) is -4.95. The molecule has 0 saturated carbocycles. The van der Waals surface area contributed by atoms with Gasteiger partial charge in [-0.15, -0.1) is 0 Å². The van der Waals surface area contributed by atoms with Gasteiger partial charge < -0.3 is 10.6 Å². The predicted octanol–water partition coefficient (Wildman–Crippen LogP) is 5.86. The maximum absolute atomic E-state index is 15.4. The molecule has 7 rings (SSSR count). The van der Waals surface area contributed by atoms with E-state index in [-0.39, 0.29) is 38.4 Å². The number of halogens is 10. The van der Waals surface area contributed by atoms with Crippen LogP contribution < -0.4 is 16.3 Å². The Morgan fingerprint density at radius 1 is 1.00 bits per heavy atom. The van der Waals surface area contributed by atoms with Crippen molar-refractivity contribution in [3.8, 4) is 11.1 Å². The van der Waals surface area contributed by atoms with Gasteiger partial charge in [-0.05, 0) is 49.2 Å². The molecule has 21 heteroatoms. The lowest BCUT2D eigenvalue weighted by Crippen LogP contribution is -2.36. The molecule has 0 fully saturated rings. The minimum absolute atomic E-state index is 0.0728. The molecular weight excluding hydrogens is 746 g/mol. The van der Waals surface area contributed by atoms with Crippen molar-refractivity contribution >= 4 is 23.1 Å². The van der Waals surface area contributed by atoms with Crippen LogP contribution in [0.2, 0.25) is 0 Å². The summed E-state index contributed by atoms with van der Waals surface area (Å²) in [5.74, 6) is -12.4. The number of hydrogen-bond acceptors (Lipinski definition) is 6. The minimum Gasteiger partial charge on any atom is -0.346 e. The molecular formula is C33H22F10N8O3. The summed E-state index contributed by atoms with van der Waals surface area (Å²) in [6.07, 6.45) is -8.04. The molecule has 0 spiro atoms.